The Kier molecular flexibility index (Phi) is 2.14. The molecule has 0 amide bonds. The number of hydrogen-bond acceptors (Lipinski definition) is 1. The molecular weight excluding hydrogens is 186 g/mol. The first kappa shape index (κ1) is 10.3. The molecule has 82 valence electrons. The van der Waals surface area contributed by atoms with Crippen molar-refractivity contribution in [1.29, 1.82) is 0 Å². The summed E-state index contributed by atoms with van der Waals surface area (Å²) in [5.74, 6) is 0.531. The van der Waals surface area contributed by atoms with Crippen LogP contribution in [0.3, 0.4) is 0 Å². The summed E-state index contributed by atoms with van der Waals surface area (Å²) in [6, 6.07) is 0. The highest BCUT2D eigenvalue weighted by atomic mass is 15.5. The minimum absolute atomic E-state index is 0.531. The molecule has 0 saturated heterocycles. The molecule has 0 unspecified atom stereocenters. The maximum atomic E-state index is 4.60. The second kappa shape index (κ2) is 3.12. The summed E-state index contributed by atoms with van der Waals surface area (Å²) >= 11 is 0. The average Bonchev–Trinajstić information content (AvgIpc) is 2.59. The van der Waals surface area contributed by atoms with Crippen LogP contribution in [-0.2, 0) is 7.05 Å². The van der Waals surface area contributed by atoms with Gasteiger partial charge in [0.1, 0.15) is 0 Å². The molecule has 0 aromatic carbocycles. The normalized spacial score (nSPS) is 11.9. The number of aryl methyl sites for hydroxylation is 3. The first-order valence-corrected chi connectivity index (χ1v) is 5.46. The number of hydrogen-bond donors (Lipinski definition) is 0. The number of fused-ring (bicyclic) bond motifs is 1. The molecule has 0 atom stereocenters. The summed E-state index contributed by atoms with van der Waals surface area (Å²) in [5, 5.41) is 4.60. The van der Waals surface area contributed by atoms with E-state index in [1.54, 1.807) is 0 Å². The van der Waals surface area contributed by atoms with Crippen LogP contribution in [0.5, 0.6) is 0 Å². The topological polar surface area (TPSA) is 22.2 Å². The zero-order valence-electron chi connectivity index (χ0n) is 10.4. The number of aromatic nitrogens is 3. The third kappa shape index (κ3) is 1.22. The van der Waals surface area contributed by atoms with Gasteiger partial charge in [-0.1, -0.05) is 13.8 Å². The predicted octanol–water partition coefficient (Wildman–Crippen LogP) is 2.72. The molecular formula is C12H19N3. The van der Waals surface area contributed by atoms with Gasteiger partial charge in [0.15, 0.2) is 0 Å². The Balaban J connectivity index is 2.92. The Morgan fingerprint density at radius 2 is 1.73 bits per heavy atom. The smallest absolute Gasteiger partial charge is 0.0936 e. The molecule has 0 N–H and O–H groups in total. The Labute approximate surface area is 90.7 Å². The van der Waals surface area contributed by atoms with Gasteiger partial charge in [-0.05, 0) is 32.3 Å². The van der Waals surface area contributed by atoms with Crippen LogP contribution in [0.2, 0.25) is 0 Å². The molecule has 0 aliphatic carbocycles. The third-order valence-electron chi connectivity index (χ3n) is 3.33. The molecule has 3 heteroatoms. The second-order valence-electron chi connectivity index (χ2n) is 4.63. The van der Waals surface area contributed by atoms with Gasteiger partial charge in [-0.2, -0.15) is 9.73 Å². The maximum Gasteiger partial charge on any atom is 0.0936 e. The highest BCUT2D eigenvalue weighted by molar-refractivity contribution is 5.64. The molecule has 2 heterocycles. The van der Waals surface area contributed by atoms with Gasteiger partial charge < -0.3 is 0 Å². The summed E-state index contributed by atoms with van der Waals surface area (Å²) in [4.78, 5) is 0. The van der Waals surface area contributed by atoms with Crippen molar-refractivity contribution in [3.63, 3.8) is 0 Å². The lowest BCUT2D eigenvalue weighted by Gasteiger charge is -2.03. The van der Waals surface area contributed by atoms with Gasteiger partial charge in [0, 0.05) is 18.3 Å². The average molecular weight is 205 g/mol. The zero-order valence-corrected chi connectivity index (χ0v) is 10.4. The molecule has 3 nitrogen and oxygen atoms in total. The van der Waals surface area contributed by atoms with Crippen LogP contribution < -0.4 is 0 Å². The van der Waals surface area contributed by atoms with Gasteiger partial charge >= 0.3 is 0 Å². The Morgan fingerprint density at radius 1 is 1.13 bits per heavy atom. The fourth-order valence-electron chi connectivity index (χ4n) is 2.34. The van der Waals surface area contributed by atoms with Crippen LogP contribution in [-0.4, -0.2) is 14.4 Å². The molecule has 0 aliphatic heterocycles. The Hall–Kier alpha value is -1.25. The van der Waals surface area contributed by atoms with Crippen LogP contribution >= 0.6 is 0 Å². The SMILES string of the molecule is Cc1nn2c(c(C)c(C)n2C)c1C(C)C. The van der Waals surface area contributed by atoms with E-state index in [9.17, 15) is 0 Å². The van der Waals surface area contributed by atoms with Crippen molar-refractivity contribution < 1.29 is 0 Å². The van der Waals surface area contributed by atoms with Crippen LogP contribution in [0, 0.1) is 20.8 Å². The molecule has 0 aliphatic rings. The van der Waals surface area contributed by atoms with Crippen LogP contribution in [0.15, 0.2) is 0 Å². The Bertz CT molecular complexity index is 515. The van der Waals surface area contributed by atoms with Crippen molar-refractivity contribution in [3.8, 4) is 0 Å². The lowest BCUT2D eigenvalue weighted by molar-refractivity contribution is 0.615. The Morgan fingerprint density at radius 3 is 2.27 bits per heavy atom. The van der Waals surface area contributed by atoms with Gasteiger partial charge in [-0.3, -0.25) is 4.68 Å². The van der Waals surface area contributed by atoms with Crippen molar-refractivity contribution in [1.82, 2.24) is 14.4 Å². The first-order chi connectivity index (χ1) is 6.95. The summed E-state index contributed by atoms with van der Waals surface area (Å²) in [7, 11) is 2.06. The molecule has 0 saturated carbocycles. The highest BCUT2D eigenvalue weighted by Crippen LogP contribution is 2.28. The van der Waals surface area contributed by atoms with Crippen molar-refractivity contribution in [3.05, 3.63) is 22.5 Å². The summed E-state index contributed by atoms with van der Waals surface area (Å²) in [5.41, 5.74) is 6.47. The monoisotopic (exact) mass is 205 g/mol. The molecule has 0 radical (unpaired) electrons. The lowest BCUT2D eigenvalue weighted by Crippen LogP contribution is -2.02. The molecule has 0 fully saturated rings. The molecule has 0 spiro atoms. The molecule has 2 aromatic heterocycles. The van der Waals surface area contributed by atoms with E-state index in [4.69, 9.17) is 0 Å². The van der Waals surface area contributed by atoms with Crippen LogP contribution in [0.4, 0.5) is 0 Å². The van der Waals surface area contributed by atoms with Crippen molar-refractivity contribution in [2.75, 3.05) is 0 Å². The molecule has 2 aromatic rings. The number of rotatable bonds is 1. The second-order valence-corrected chi connectivity index (χ2v) is 4.63. The van der Waals surface area contributed by atoms with E-state index < -0.39 is 0 Å². The van der Waals surface area contributed by atoms with Gasteiger partial charge in [0.05, 0.1) is 11.2 Å². The van der Waals surface area contributed by atoms with Crippen molar-refractivity contribution in [2.45, 2.75) is 40.5 Å². The molecule has 15 heavy (non-hydrogen) atoms. The minimum atomic E-state index is 0.531. The van der Waals surface area contributed by atoms with E-state index in [1.165, 1.54) is 22.3 Å². The van der Waals surface area contributed by atoms with Crippen molar-refractivity contribution >= 4 is 5.52 Å². The van der Waals surface area contributed by atoms with Crippen molar-refractivity contribution in [2.24, 2.45) is 7.05 Å². The van der Waals surface area contributed by atoms with E-state index >= 15 is 0 Å². The van der Waals surface area contributed by atoms with E-state index in [1.807, 2.05) is 4.63 Å². The maximum absolute atomic E-state index is 4.60. The van der Waals surface area contributed by atoms with E-state index in [0.717, 1.165) is 5.69 Å². The summed E-state index contributed by atoms with van der Waals surface area (Å²) < 4.78 is 4.14. The predicted molar refractivity (Wildman–Crippen MR) is 62.5 cm³/mol. The van der Waals surface area contributed by atoms with E-state index in [0.29, 0.717) is 5.92 Å². The van der Waals surface area contributed by atoms with E-state index in [-0.39, 0.29) is 0 Å². The summed E-state index contributed by atoms with van der Waals surface area (Å²) in [6.45, 7) is 10.9. The standard InChI is InChI=1S/C12H19N3/c1-7(2)11-9(4)13-15-12(11)8(3)10(5)14(15)6/h7H,1-6H3. The largest absolute Gasteiger partial charge is 0.272 e. The zero-order chi connectivity index (χ0) is 11.3. The first-order valence-electron chi connectivity index (χ1n) is 5.46. The summed E-state index contributed by atoms with van der Waals surface area (Å²) in [6.07, 6.45) is 0. The fraction of sp³-hybridized carbons (Fsp3) is 0.583. The third-order valence-corrected chi connectivity index (χ3v) is 3.33. The van der Waals surface area contributed by atoms with Gasteiger partial charge in [-0.15, -0.1) is 0 Å². The molecule has 2 rings (SSSR count). The van der Waals surface area contributed by atoms with Crippen LogP contribution in [0.1, 0.15) is 42.3 Å². The number of nitrogens with zero attached hydrogens (tertiary/aromatic N) is 3. The fourth-order valence-corrected chi connectivity index (χ4v) is 2.34. The van der Waals surface area contributed by atoms with Gasteiger partial charge in [0.2, 0.25) is 0 Å². The molecule has 0 bridgehead atoms. The van der Waals surface area contributed by atoms with Crippen LogP contribution in [0.25, 0.3) is 5.52 Å². The highest BCUT2D eigenvalue weighted by Gasteiger charge is 2.18. The lowest BCUT2D eigenvalue weighted by atomic mass is 10.0. The van der Waals surface area contributed by atoms with Gasteiger partial charge in [0.25, 0.3) is 0 Å². The van der Waals surface area contributed by atoms with E-state index in [2.05, 4.69) is 51.4 Å². The van der Waals surface area contributed by atoms with Gasteiger partial charge in [-0.25, -0.2) is 0 Å². The quantitative estimate of drug-likeness (QED) is 0.701. The minimum Gasteiger partial charge on any atom is -0.272 e.